The van der Waals surface area contributed by atoms with E-state index in [2.05, 4.69) is 10.1 Å². The summed E-state index contributed by atoms with van der Waals surface area (Å²) in [4.78, 5) is 24.8. The lowest BCUT2D eigenvalue weighted by Gasteiger charge is -2.11. The minimum atomic E-state index is -4.61. The lowest BCUT2D eigenvalue weighted by molar-refractivity contribution is -0.143. The first-order valence-corrected chi connectivity index (χ1v) is 8.77. The van der Waals surface area contributed by atoms with Crippen molar-refractivity contribution in [2.45, 2.75) is 6.18 Å². The number of alkyl halides is 3. The smallest absolute Gasteiger partial charge is 0.417 e. The van der Waals surface area contributed by atoms with Crippen LogP contribution in [0.3, 0.4) is 0 Å². The van der Waals surface area contributed by atoms with Crippen molar-refractivity contribution in [3.63, 3.8) is 0 Å². The Kier molecular flexibility index (Phi) is 5.67. The molecule has 152 valence electrons. The second kappa shape index (κ2) is 7.88. The van der Waals surface area contributed by atoms with Gasteiger partial charge in [-0.1, -0.05) is 11.6 Å². The zero-order valence-electron chi connectivity index (χ0n) is 14.7. The van der Waals surface area contributed by atoms with Crippen LogP contribution in [0, 0.1) is 0 Å². The maximum Gasteiger partial charge on any atom is 0.417 e. The van der Waals surface area contributed by atoms with Crippen molar-refractivity contribution in [3.8, 4) is 11.3 Å². The standard InChI is InChI=1S/C18H12ClF3N2O4S/c1-27-15(25)8-24-16(26)13(23-17(24)29)7-10-3-5-14(28-10)9-2-4-12(19)11(6-9)18(20,21)22/h2-7H,8H2,1H3,(H,23,29)/b13-7-. The van der Waals surface area contributed by atoms with Crippen LogP contribution in [0.25, 0.3) is 17.4 Å². The fourth-order valence-electron chi connectivity index (χ4n) is 2.53. The van der Waals surface area contributed by atoms with Gasteiger partial charge in [-0.2, -0.15) is 13.2 Å². The van der Waals surface area contributed by atoms with E-state index in [1.165, 1.54) is 31.4 Å². The molecule has 0 spiro atoms. The molecule has 1 fully saturated rings. The van der Waals surface area contributed by atoms with Gasteiger partial charge in [0, 0.05) is 11.6 Å². The molecular formula is C18H12ClF3N2O4S. The fourth-order valence-corrected chi connectivity index (χ4v) is 3.01. The highest BCUT2D eigenvalue weighted by molar-refractivity contribution is 7.80. The normalized spacial score (nSPS) is 15.8. The number of furan rings is 1. The highest BCUT2D eigenvalue weighted by atomic mass is 35.5. The molecule has 1 amide bonds. The lowest BCUT2D eigenvalue weighted by atomic mass is 10.1. The van der Waals surface area contributed by atoms with Crippen LogP contribution < -0.4 is 5.32 Å². The molecule has 11 heteroatoms. The Morgan fingerprint density at radius 1 is 1.34 bits per heavy atom. The third-order valence-electron chi connectivity index (χ3n) is 3.95. The Labute approximate surface area is 172 Å². The number of methoxy groups -OCH3 is 1. The molecule has 1 saturated heterocycles. The molecular weight excluding hydrogens is 433 g/mol. The van der Waals surface area contributed by atoms with E-state index in [0.717, 1.165) is 17.0 Å². The quantitative estimate of drug-likeness (QED) is 0.439. The van der Waals surface area contributed by atoms with Crippen LogP contribution in [0.15, 0.2) is 40.4 Å². The first kappa shape index (κ1) is 20.9. The second-order valence-electron chi connectivity index (χ2n) is 5.85. The van der Waals surface area contributed by atoms with Crippen LogP contribution in [0.4, 0.5) is 13.2 Å². The Balaban J connectivity index is 1.85. The number of esters is 1. The zero-order valence-corrected chi connectivity index (χ0v) is 16.2. The molecule has 6 nitrogen and oxygen atoms in total. The first-order chi connectivity index (χ1) is 13.6. The van der Waals surface area contributed by atoms with E-state index >= 15 is 0 Å². The number of amides is 1. The van der Waals surface area contributed by atoms with Crippen LogP contribution in [-0.4, -0.2) is 35.5 Å². The van der Waals surface area contributed by atoms with Crippen LogP contribution in [0.2, 0.25) is 5.02 Å². The van der Waals surface area contributed by atoms with E-state index in [1.807, 2.05) is 0 Å². The van der Waals surface area contributed by atoms with Crippen molar-refractivity contribution < 1.29 is 31.9 Å². The maximum absolute atomic E-state index is 13.0. The number of nitrogens with zero attached hydrogens (tertiary/aromatic N) is 1. The fraction of sp³-hybridized carbons (Fsp3) is 0.167. The maximum atomic E-state index is 13.0. The average Bonchev–Trinajstić information content (AvgIpc) is 3.21. The third kappa shape index (κ3) is 4.43. The zero-order chi connectivity index (χ0) is 21.3. The molecule has 1 aliphatic rings. The molecule has 1 aromatic carbocycles. The minimum absolute atomic E-state index is 0.0194. The summed E-state index contributed by atoms with van der Waals surface area (Å²) in [6.07, 6.45) is -3.28. The number of carbonyl (C=O) groups is 2. The summed E-state index contributed by atoms with van der Waals surface area (Å²) in [7, 11) is 1.18. The highest BCUT2D eigenvalue weighted by Gasteiger charge is 2.34. The van der Waals surface area contributed by atoms with Crippen LogP contribution >= 0.6 is 23.8 Å². The lowest BCUT2D eigenvalue weighted by Crippen LogP contribution is -2.35. The van der Waals surface area contributed by atoms with Crippen molar-refractivity contribution in [3.05, 3.63) is 52.4 Å². The predicted molar refractivity (Wildman–Crippen MR) is 102 cm³/mol. The number of carbonyl (C=O) groups excluding carboxylic acids is 2. The number of nitrogens with one attached hydrogen (secondary N) is 1. The third-order valence-corrected chi connectivity index (χ3v) is 4.60. The molecule has 0 radical (unpaired) electrons. The van der Waals surface area contributed by atoms with Gasteiger partial charge in [0.2, 0.25) is 0 Å². The number of halogens is 4. The topological polar surface area (TPSA) is 71.8 Å². The number of ether oxygens (including phenoxy) is 1. The second-order valence-corrected chi connectivity index (χ2v) is 6.64. The predicted octanol–water partition coefficient (Wildman–Crippen LogP) is 3.85. The number of benzene rings is 1. The molecule has 0 saturated carbocycles. The van der Waals surface area contributed by atoms with E-state index in [-0.39, 0.29) is 34.4 Å². The number of rotatable bonds is 4. The van der Waals surface area contributed by atoms with Gasteiger partial charge in [0.1, 0.15) is 23.8 Å². The Hall–Kier alpha value is -2.85. The van der Waals surface area contributed by atoms with E-state index in [0.29, 0.717) is 0 Å². The Bertz CT molecular complexity index is 1030. The van der Waals surface area contributed by atoms with Gasteiger partial charge < -0.3 is 14.5 Å². The Morgan fingerprint density at radius 2 is 2.07 bits per heavy atom. The molecule has 0 bridgehead atoms. The van der Waals surface area contributed by atoms with Crippen LogP contribution in [-0.2, 0) is 20.5 Å². The summed E-state index contributed by atoms with van der Waals surface area (Å²) in [5.74, 6) is -0.864. The van der Waals surface area contributed by atoms with Gasteiger partial charge in [-0.05, 0) is 42.5 Å². The minimum Gasteiger partial charge on any atom is -0.468 e. The molecule has 0 unspecified atom stereocenters. The Morgan fingerprint density at radius 3 is 2.72 bits per heavy atom. The van der Waals surface area contributed by atoms with E-state index in [4.69, 9.17) is 28.2 Å². The molecule has 2 heterocycles. The molecule has 0 atom stereocenters. The summed E-state index contributed by atoms with van der Waals surface area (Å²) in [6.45, 7) is -0.354. The van der Waals surface area contributed by atoms with Crippen molar-refractivity contribution in [2.75, 3.05) is 13.7 Å². The van der Waals surface area contributed by atoms with Gasteiger partial charge in [-0.15, -0.1) is 0 Å². The molecule has 1 N–H and O–H groups in total. The molecule has 3 rings (SSSR count). The highest BCUT2D eigenvalue weighted by Crippen LogP contribution is 2.37. The number of hydrogen-bond donors (Lipinski definition) is 1. The molecule has 1 aromatic heterocycles. The average molecular weight is 445 g/mol. The largest absolute Gasteiger partial charge is 0.468 e. The van der Waals surface area contributed by atoms with Crippen LogP contribution in [0.5, 0.6) is 0 Å². The SMILES string of the molecule is COC(=O)CN1C(=O)/C(=C/c2ccc(-c3ccc(Cl)c(C(F)(F)F)c3)o2)NC1=S. The first-order valence-electron chi connectivity index (χ1n) is 7.98. The van der Waals surface area contributed by atoms with Crippen molar-refractivity contribution in [1.29, 1.82) is 0 Å². The van der Waals surface area contributed by atoms with Gasteiger partial charge in [0.25, 0.3) is 5.91 Å². The van der Waals surface area contributed by atoms with Gasteiger partial charge in [0.15, 0.2) is 5.11 Å². The molecule has 0 aliphatic carbocycles. The summed E-state index contributed by atoms with van der Waals surface area (Å²) in [6, 6.07) is 6.33. The van der Waals surface area contributed by atoms with Gasteiger partial charge in [0.05, 0.1) is 17.7 Å². The van der Waals surface area contributed by atoms with Crippen molar-refractivity contribution in [2.24, 2.45) is 0 Å². The van der Waals surface area contributed by atoms with Gasteiger partial charge >= 0.3 is 12.1 Å². The summed E-state index contributed by atoms with van der Waals surface area (Å²) < 4.78 is 49.1. The van der Waals surface area contributed by atoms with Crippen molar-refractivity contribution in [1.82, 2.24) is 10.2 Å². The van der Waals surface area contributed by atoms with E-state index < -0.39 is 28.6 Å². The number of thiocarbonyl (C=S) groups is 1. The number of hydrogen-bond acceptors (Lipinski definition) is 5. The van der Waals surface area contributed by atoms with E-state index in [9.17, 15) is 22.8 Å². The van der Waals surface area contributed by atoms with Gasteiger partial charge in [-0.25, -0.2) is 0 Å². The van der Waals surface area contributed by atoms with Crippen molar-refractivity contribution >= 4 is 46.9 Å². The molecule has 29 heavy (non-hydrogen) atoms. The van der Waals surface area contributed by atoms with Gasteiger partial charge in [-0.3, -0.25) is 14.5 Å². The van der Waals surface area contributed by atoms with E-state index in [1.54, 1.807) is 0 Å². The monoisotopic (exact) mass is 444 g/mol. The molecule has 2 aromatic rings. The van der Waals surface area contributed by atoms with Crippen LogP contribution in [0.1, 0.15) is 11.3 Å². The summed E-state index contributed by atoms with van der Waals surface area (Å²) >= 11 is 10.6. The summed E-state index contributed by atoms with van der Waals surface area (Å²) in [5, 5.41) is 2.25. The molecule has 1 aliphatic heterocycles. The summed E-state index contributed by atoms with van der Waals surface area (Å²) in [5.41, 5.74) is -0.767.